The highest BCUT2D eigenvalue weighted by atomic mass is 35.5. The summed E-state index contributed by atoms with van der Waals surface area (Å²) in [5.74, 6) is 1.70. The van der Waals surface area contributed by atoms with E-state index in [1.54, 1.807) is 6.92 Å². The van der Waals surface area contributed by atoms with E-state index in [4.69, 9.17) is 16.0 Å². The lowest BCUT2D eigenvalue weighted by atomic mass is 10.4. The van der Waals surface area contributed by atoms with Gasteiger partial charge < -0.3 is 4.42 Å². The third-order valence-electron chi connectivity index (χ3n) is 2.81. The molecule has 0 N–H and O–H groups in total. The number of alkyl halides is 1. The largest absolute Gasteiger partial charge is 0.464 e. The topological polar surface area (TPSA) is 67.6 Å². The van der Waals surface area contributed by atoms with Crippen molar-refractivity contribution >= 4 is 32.4 Å². The number of halogens is 1. The summed E-state index contributed by atoms with van der Waals surface area (Å²) in [6, 6.07) is 1.46. The molecule has 1 aromatic heterocycles. The van der Waals surface area contributed by atoms with E-state index in [2.05, 4.69) is 0 Å². The maximum atomic E-state index is 12.4. The van der Waals surface area contributed by atoms with Gasteiger partial charge in [-0.1, -0.05) is 0 Å². The fraction of sp³-hybridized carbons (Fsp3) is 0.600. The summed E-state index contributed by atoms with van der Waals surface area (Å²) in [5.41, 5.74) is 0. The second-order valence-corrected chi connectivity index (χ2v) is 7.89. The Labute approximate surface area is 114 Å². The lowest BCUT2D eigenvalue weighted by Gasteiger charge is -2.25. The van der Waals surface area contributed by atoms with Gasteiger partial charge in [0.1, 0.15) is 16.4 Å². The van der Waals surface area contributed by atoms with Crippen molar-refractivity contribution in [1.29, 1.82) is 0 Å². The standard InChI is InChI=1S/C10H14ClNO4S2/c1-8-10(6-9(7-11)16-8)18(14,15)12-2-4-17(13)5-3-12/h6H,2-5,7H2,1H3. The van der Waals surface area contributed by atoms with Crippen molar-refractivity contribution in [3.8, 4) is 0 Å². The first-order valence-corrected chi connectivity index (χ1v) is 8.92. The number of aryl methyl sites for hydroxylation is 1. The molecule has 102 valence electrons. The minimum absolute atomic E-state index is 0.139. The quantitative estimate of drug-likeness (QED) is 0.783. The minimum atomic E-state index is -3.56. The molecule has 1 saturated heterocycles. The smallest absolute Gasteiger partial charge is 0.246 e. The van der Waals surface area contributed by atoms with E-state index in [9.17, 15) is 12.6 Å². The fourth-order valence-electron chi connectivity index (χ4n) is 1.85. The molecule has 5 nitrogen and oxygen atoms in total. The number of furan rings is 1. The van der Waals surface area contributed by atoms with Crippen LogP contribution < -0.4 is 0 Å². The molecule has 0 radical (unpaired) electrons. The van der Waals surface area contributed by atoms with Crippen molar-refractivity contribution < 1.29 is 17.0 Å². The fourth-order valence-corrected chi connectivity index (χ4v) is 4.89. The molecule has 0 aromatic carbocycles. The number of nitrogens with zero attached hydrogens (tertiary/aromatic N) is 1. The molecule has 1 aliphatic heterocycles. The summed E-state index contributed by atoms with van der Waals surface area (Å²) in [7, 11) is -4.46. The normalized spacial score (nSPS) is 19.2. The third-order valence-corrected chi connectivity index (χ3v) is 6.35. The zero-order valence-electron chi connectivity index (χ0n) is 9.89. The van der Waals surface area contributed by atoms with E-state index in [1.165, 1.54) is 10.4 Å². The Bertz CT molecular complexity index is 556. The van der Waals surface area contributed by atoms with Crippen molar-refractivity contribution in [3.05, 3.63) is 17.6 Å². The van der Waals surface area contributed by atoms with Gasteiger partial charge in [0.2, 0.25) is 10.0 Å². The average Bonchev–Trinajstić information content (AvgIpc) is 2.72. The van der Waals surface area contributed by atoms with Crippen LogP contribution in [0.3, 0.4) is 0 Å². The van der Waals surface area contributed by atoms with Gasteiger partial charge in [-0.15, -0.1) is 11.6 Å². The Hall–Kier alpha value is -0.370. The highest BCUT2D eigenvalue weighted by molar-refractivity contribution is 7.89. The van der Waals surface area contributed by atoms with Gasteiger partial charge in [0, 0.05) is 41.5 Å². The Balaban J connectivity index is 2.30. The maximum Gasteiger partial charge on any atom is 0.246 e. The van der Waals surface area contributed by atoms with Crippen molar-refractivity contribution in [2.24, 2.45) is 0 Å². The van der Waals surface area contributed by atoms with E-state index in [-0.39, 0.29) is 23.9 Å². The molecular formula is C10H14ClNO4S2. The van der Waals surface area contributed by atoms with Crippen LogP contribution in [0, 0.1) is 6.92 Å². The molecule has 0 amide bonds. The molecule has 1 aliphatic rings. The predicted molar refractivity (Wildman–Crippen MR) is 69.6 cm³/mol. The molecule has 2 rings (SSSR count). The number of rotatable bonds is 3. The van der Waals surface area contributed by atoms with Crippen molar-refractivity contribution in [3.63, 3.8) is 0 Å². The highest BCUT2D eigenvalue weighted by Crippen LogP contribution is 2.25. The van der Waals surface area contributed by atoms with Gasteiger partial charge in [-0.2, -0.15) is 4.31 Å². The second kappa shape index (κ2) is 5.32. The number of sulfonamides is 1. The molecule has 18 heavy (non-hydrogen) atoms. The SMILES string of the molecule is Cc1oc(CCl)cc1S(=O)(=O)N1CCS(=O)CC1. The molecule has 2 heterocycles. The first-order valence-electron chi connectivity index (χ1n) is 5.45. The van der Waals surface area contributed by atoms with Crippen LogP contribution in [0.1, 0.15) is 11.5 Å². The molecular weight excluding hydrogens is 298 g/mol. The van der Waals surface area contributed by atoms with Crippen molar-refractivity contribution in [1.82, 2.24) is 4.31 Å². The van der Waals surface area contributed by atoms with Crippen LogP contribution in [0.15, 0.2) is 15.4 Å². The van der Waals surface area contributed by atoms with E-state index in [0.717, 1.165) is 0 Å². The van der Waals surface area contributed by atoms with Gasteiger partial charge in [0.15, 0.2) is 0 Å². The molecule has 0 bridgehead atoms. The van der Waals surface area contributed by atoms with Crippen LogP contribution in [0.4, 0.5) is 0 Å². The maximum absolute atomic E-state index is 12.4. The lowest BCUT2D eigenvalue weighted by molar-refractivity contribution is 0.435. The summed E-state index contributed by atoms with van der Waals surface area (Å²) in [6.07, 6.45) is 0. The molecule has 0 atom stereocenters. The molecule has 0 saturated carbocycles. The Morgan fingerprint density at radius 2 is 2.06 bits per heavy atom. The number of hydrogen-bond acceptors (Lipinski definition) is 4. The molecule has 0 spiro atoms. The predicted octanol–water partition coefficient (Wildman–Crippen LogP) is 1.08. The Morgan fingerprint density at radius 3 is 2.56 bits per heavy atom. The molecule has 0 aliphatic carbocycles. The van der Waals surface area contributed by atoms with Gasteiger partial charge in [-0.3, -0.25) is 4.21 Å². The summed E-state index contributed by atoms with van der Waals surface area (Å²) >= 11 is 5.62. The van der Waals surface area contributed by atoms with E-state index in [0.29, 0.717) is 23.0 Å². The van der Waals surface area contributed by atoms with Crippen LogP contribution in [0.2, 0.25) is 0 Å². The molecule has 8 heteroatoms. The highest BCUT2D eigenvalue weighted by Gasteiger charge is 2.31. The van der Waals surface area contributed by atoms with E-state index in [1.807, 2.05) is 0 Å². The minimum Gasteiger partial charge on any atom is -0.464 e. The third kappa shape index (κ3) is 2.64. The summed E-state index contributed by atoms with van der Waals surface area (Å²) in [4.78, 5) is 0.158. The van der Waals surface area contributed by atoms with E-state index >= 15 is 0 Å². The summed E-state index contributed by atoms with van der Waals surface area (Å²) < 4.78 is 42.6. The lowest BCUT2D eigenvalue weighted by Crippen LogP contribution is -2.41. The van der Waals surface area contributed by atoms with Crippen molar-refractivity contribution in [2.75, 3.05) is 24.6 Å². The van der Waals surface area contributed by atoms with Gasteiger partial charge in [0.05, 0.1) is 5.88 Å². The van der Waals surface area contributed by atoms with Gasteiger partial charge in [-0.05, 0) is 6.92 Å². The van der Waals surface area contributed by atoms with Gasteiger partial charge in [0.25, 0.3) is 0 Å². The van der Waals surface area contributed by atoms with Crippen LogP contribution in [-0.2, 0) is 26.7 Å². The molecule has 1 fully saturated rings. The molecule has 0 unspecified atom stereocenters. The first kappa shape index (κ1) is 14.0. The summed E-state index contributed by atoms with van der Waals surface area (Å²) in [6.45, 7) is 2.18. The van der Waals surface area contributed by atoms with Crippen molar-refractivity contribution in [2.45, 2.75) is 17.7 Å². The average molecular weight is 312 g/mol. The Kier molecular flexibility index (Phi) is 4.15. The van der Waals surface area contributed by atoms with Crippen LogP contribution in [-0.4, -0.2) is 41.5 Å². The second-order valence-electron chi connectivity index (χ2n) is 4.02. The van der Waals surface area contributed by atoms with Crippen LogP contribution >= 0.6 is 11.6 Å². The van der Waals surface area contributed by atoms with Crippen LogP contribution in [0.5, 0.6) is 0 Å². The van der Waals surface area contributed by atoms with Gasteiger partial charge >= 0.3 is 0 Å². The van der Waals surface area contributed by atoms with E-state index < -0.39 is 20.8 Å². The zero-order chi connectivity index (χ0) is 13.3. The Morgan fingerprint density at radius 1 is 1.44 bits per heavy atom. The monoisotopic (exact) mass is 311 g/mol. The zero-order valence-corrected chi connectivity index (χ0v) is 12.3. The molecule has 1 aromatic rings. The van der Waals surface area contributed by atoms with Gasteiger partial charge in [-0.25, -0.2) is 8.42 Å². The van der Waals surface area contributed by atoms with Crippen LogP contribution in [0.25, 0.3) is 0 Å². The first-order chi connectivity index (χ1) is 8.45. The number of hydrogen-bond donors (Lipinski definition) is 0. The summed E-state index contributed by atoms with van der Waals surface area (Å²) in [5, 5.41) is 0.